The van der Waals surface area contributed by atoms with Gasteiger partial charge in [0.2, 0.25) is 5.91 Å². The van der Waals surface area contributed by atoms with Crippen LogP contribution in [-0.4, -0.2) is 37.1 Å². The van der Waals surface area contributed by atoms with Gasteiger partial charge in [0, 0.05) is 25.9 Å². The monoisotopic (exact) mass is 359 g/mol. The number of urea groups is 1. The van der Waals surface area contributed by atoms with Crippen molar-refractivity contribution in [2.24, 2.45) is 0 Å². The van der Waals surface area contributed by atoms with Crippen molar-refractivity contribution >= 4 is 34.0 Å². The van der Waals surface area contributed by atoms with Gasteiger partial charge >= 0.3 is 6.03 Å². The van der Waals surface area contributed by atoms with Crippen molar-refractivity contribution in [1.82, 2.24) is 4.90 Å². The number of nitrogens with zero attached hydrogens (tertiary/aromatic N) is 1. The van der Waals surface area contributed by atoms with Crippen LogP contribution in [-0.2, 0) is 22.5 Å². The van der Waals surface area contributed by atoms with Crippen molar-refractivity contribution in [3.63, 3.8) is 0 Å². The molecule has 0 spiro atoms. The summed E-state index contributed by atoms with van der Waals surface area (Å²) in [6.45, 7) is 1.62. The number of benzene rings is 1. The standard InChI is InChI=1S/C18H21N3O3S/c1-24-9-7-16(22)19-15-5-4-13-6-8-21(12-14(13)11-15)18(23)20-17-3-2-10-25-17/h2-5,10-11H,6-9,12H2,1H3,(H,19,22)(H,20,23). The van der Waals surface area contributed by atoms with Gasteiger partial charge in [-0.15, -0.1) is 11.3 Å². The number of rotatable bonds is 5. The molecule has 0 aliphatic carbocycles. The van der Waals surface area contributed by atoms with Gasteiger partial charge in [-0.2, -0.15) is 0 Å². The second-order valence-corrected chi connectivity index (χ2v) is 6.80. The molecule has 7 heteroatoms. The van der Waals surface area contributed by atoms with Gasteiger partial charge in [-0.3, -0.25) is 10.1 Å². The number of carbonyl (C=O) groups excluding carboxylic acids is 2. The molecule has 0 unspecified atom stereocenters. The van der Waals surface area contributed by atoms with Gasteiger partial charge in [-0.1, -0.05) is 6.07 Å². The fourth-order valence-electron chi connectivity index (χ4n) is 2.76. The zero-order valence-electron chi connectivity index (χ0n) is 14.1. The summed E-state index contributed by atoms with van der Waals surface area (Å²) in [4.78, 5) is 26.0. The van der Waals surface area contributed by atoms with E-state index < -0.39 is 0 Å². The number of nitrogens with one attached hydrogen (secondary N) is 2. The Bertz CT molecular complexity index is 746. The Balaban J connectivity index is 1.64. The first-order valence-corrected chi connectivity index (χ1v) is 9.03. The van der Waals surface area contributed by atoms with Crippen LogP contribution < -0.4 is 10.6 Å². The molecule has 0 saturated carbocycles. The van der Waals surface area contributed by atoms with Crippen LogP contribution in [0.25, 0.3) is 0 Å². The number of thiophene rings is 1. The van der Waals surface area contributed by atoms with Crippen molar-refractivity contribution in [3.05, 3.63) is 46.8 Å². The van der Waals surface area contributed by atoms with Crippen LogP contribution >= 0.6 is 11.3 Å². The average molecular weight is 359 g/mol. The van der Waals surface area contributed by atoms with E-state index in [1.54, 1.807) is 12.0 Å². The lowest BCUT2D eigenvalue weighted by Crippen LogP contribution is -2.38. The van der Waals surface area contributed by atoms with E-state index in [1.807, 2.05) is 35.7 Å². The van der Waals surface area contributed by atoms with Gasteiger partial charge in [0.15, 0.2) is 0 Å². The van der Waals surface area contributed by atoms with Gasteiger partial charge in [0.1, 0.15) is 0 Å². The van der Waals surface area contributed by atoms with E-state index in [9.17, 15) is 9.59 Å². The van der Waals surface area contributed by atoms with Crippen LogP contribution in [0.3, 0.4) is 0 Å². The molecule has 3 rings (SSSR count). The fraction of sp³-hybridized carbons (Fsp3) is 0.333. The van der Waals surface area contributed by atoms with Gasteiger partial charge in [0.05, 0.1) is 18.0 Å². The summed E-state index contributed by atoms with van der Waals surface area (Å²) in [5, 5.41) is 8.56. The Kier molecular flexibility index (Phi) is 5.67. The van der Waals surface area contributed by atoms with Gasteiger partial charge in [-0.25, -0.2) is 4.79 Å². The second kappa shape index (κ2) is 8.13. The Morgan fingerprint density at radius 1 is 1.24 bits per heavy atom. The van der Waals surface area contributed by atoms with Gasteiger partial charge in [-0.05, 0) is 47.2 Å². The number of ether oxygens (including phenoxy) is 1. The third-order valence-corrected chi connectivity index (χ3v) is 4.86. The summed E-state index contributed by atoms with van der Waals surface area (Å²) in [6, 6.07) is 9.58. The normalized spacial score (nSPS) is 13.2. The number of anilines is 2. The highest BCUT2D eigenvalue weighted by molar-refractivity contribution is 7.14. The molecule has 132 valence electrons. The molecule has 25 heavy (non-hydrogen) atoms. The third kappa shape index (κ3) is 4.58. The molecule has 0 atom stereocenters. The van der Waals surface area contributed by atoms with E-state index >= 15 is 0 Å². The van der Waals surface area contributed by atoms with E-state index in [-0.39, 0.29) is 11.9 Å². The minimum atomic E-state index is -0.0948. The molecule has 0 saturated heterocycles. The molecule has 2 aromatic rings. The number of fused-ring (bicyclic) bond motifs is 1. The summed E-state index contributed by atoms with van der Waals surface area (Å²) in [5.41, 5.74) is 3.03. The highest BCUT2D eigenvalue weighted by Crippen LogP contribution is 2.24. The molecular formula is C18H21N3O3S. The zero-order valence-corrected chi connectivity index (χ0v) is 14.9. The summed E-state index contributed by atoms with van der Waals surface area (Å²) in [6.07, 6.45) is 1.13. The Morgan fingerprint density at radius 3 is 2.88 bits per heavy atom. The smallest absolute Gasteiger partial charge is 0.322 e. The predicted molar refractivity (Wildman–Crippen MR) is 99.0 cm³/mol. The summed E-state index contributed by atoms with van der Waals surface area (Å²) < 4.78 is 4.91. The number of methoxy groups -OCH3 is 1. The molecular weight excluding hydrogens is 338 g/mol. The van der Waals surface area contributed by atoms with E-state index in [0.717, 1.165) is 22.7 Å². The average Bonchev–Trinajstić information content (AvgIpc) is 3.12. The second-order valence-electron chi connectivity index (χ2n) is 5.85. The Hall–Kier alpha value is -2.38. The summed E-state index contributed by atoms with van der Waals surface area (Å²) in [7, 11) is 1.57. The van der Waals surface area contributed by atoms with Crippen molar-refractivity contribution in [2.45, 2.75) is 19.4 Å². The van der Waals surface area contributed by atoms with Crippen molar-refractivity contribution in [1.29, 1.82) is 0 Å². The molecule has 1 aromatic carbocycles. The lowest BCUT2D eigenvalue weighted by molar-refractivity contribution is -0.117. The van der Waals surface area contributed by atoms with Crippen molar-refractivity contribution < 1.29 is 14.3 Å². The third-order valence-electron chi connectivity index (χ3n) is 4.07. The van der Waals surface area contributed by atoms with Crippen LogP contribution in [0.5, 0.6) is 0 Å². The van der Waals surface area contributed by atoms with Crippen LogP contribution in [0, 0.1) is 0 Å². The molecule has 2 N–H and O–H groups in total. The lowest BCUT2D eigenvalue weighted by Gasteiger charge is -2.29. The topological polar surface area (TPSA) is 70.7 Å². The maximum Gasteiger partial charge on any atom is 0.322 e. The van der Waals surface area contributed by atoms with Gasteiger partial charge < -0.3 is 15.0 Å². The van der Waals surface area contributed by atoms with Gasteiger partial charge in [0.25, 0.3) is 0 Å². The minimum Gasteiger partial charge on any atom is -0.384 e. The van der Waals surface area contributed by atoms with Crippen LogP contribution in [0.15, 0.2) is 35.7 Å². The molecule has 0 bridgehead atoms. The first-order chi connectivity index (χ1) is 12.2. The number of hydrogen-bond donors (Lipinski definition) is 2. The summed E-state index contributed by atoms with van der Waals surface area (Å²) >= 11 is 1.50. The zero-order chi connectivity index (χ0) is 17.6. The maximum atomic E-state index is 12.4. The van der Waals surface area contributed by atoms with Crippen LogP contribution in [0.4, 0.5) is 15.5 Å². The van der Waals surface area contributed by atoms with Crippen LogP contribution in [0.1, 0.15) is 17.5 Å². The molecule has 0 fully saturated rings. The lowest BCUT2D eigenvalue weighted by atomic mass is 9.99. The highest BCUT2D eigenvalue weighted by atomic mass is 32.1. The molecule has 1 aliphatic heterocycles. The summed E-state index contributed by atoms with van der Waals surface area (Å²) in [5.74, 6) is -0.0788. The first-order valence-electron chi connectivity index (χ1n) is 8.16. The van der Waals surface area contributed by atoms with E-state index in [0.29, 0.717) is 26.1 Å². The fourth-order valence-corrected chi connectivity index (χ4v) is 3.37. The first kappa shape index (κ1) is 17.4. The van der Waals surface area contributed by atoms with Crippen molar-refractivity contribution in [2.75, 3.05) is 30.9 Å². The largest absolute Gasteiger partial charge is 0.384 e. The molecule has 1 aliphatic rings. The minimum absolute atomic E-state index is 0.0788. The number of carbonyl (C=O) groups is 2. The maximum absolute atomic E-state index is 12.4. The highest BCUT2D eigenvalue weighted by Gasteiger charge is 2.21. The number of amides is 3. The Morgan fingerprint density at radius 2 is 2.12 bits per heavy atom. The predicted octanol–water partition coefficient (Wildman–Crippen LogP) is 3.31. The van der Waals surface area contributed by atoms with E-state index in [4.69, 9.17) is 4.74 Å². The van der Waals surface area contributed by atoms with Crippen LogP contribution in [0.2, 0.25) is 0 Å². The quantitative estimate of drug-likeness (QED) is 0.860. The molecule has 6 nitrogen and oxygen atoms in total. The van der Waals surface area contributed by atoms with E-state index in [1.165, 1.54) is 16.9 Å². The molecule has 0 radical (unpaired) electrons. The van der Waals surface area contributed by atoms with E-state index in [2.05, 4.69) is 10.6 Å². The molecule has 1 aromatic heterocycles. The molecule has 2 heterocycles. The van der Waals surface area contributed by atoms with Crippen molar-refractivity contribution in [3.8, 4) is 0 Å². The SMILES string of the molecule is COCCC(=O)Nc1ccc2c(c1)CN(C(=O)Nc1cccs1)CC2. The Labute approximate surface area is 150 Å². The molecule has 3 amide bonds. The number of hydrogen-bond acceptors (Lipinski definition) is 4.